The topological polar surface area (TPSA) is 69.7 Å². The Labute approximate surface area is 243 Å². The zero-order valence-corrected chi connectivity index (χ0v) is 24.3. The molecule has 4 aromatic rings. The van der Waals surface area contributed by atoms with Crippen LogP contribution in [0.1, 0.15) is 51.4 Å². The Morgan fingerprint density at radius 3 is 2.48 bits per heavy atom. The molecule has 1 amide bonds. The normalized spacial score (nSPS) is 13.8. The smallest absolute Gasteiger partial charge is 0.256 e. The molecule has 0 spiro atoms. The molecule has 6 nitrogen and oxygen atoms in total. The molecular weight excluding hydrogens is 522 g/mol. The van der Waals surface area contributed by atoms with E-state index in [1.54, 1.807) is 7.11 Å². The minimum absolute atomic E-state index is 0. The lowest BCUT2D eigenvalue weighted by Gasteiger charge is -2.33. The lowest BCUT2D eigenvalue weighted by atomic mass is 9.87. The summed E-state index contributed by atoms with van der Waals surface area (Å²) in [6.07, 6.45) is 4.67. The molecule has 0 radical (unpaired) electrons. The Balaban J connectivity index is 0.00000370. The van der Waals surface area contributed by atoms with Gasteiger partial charge in [-0.1, -0.05) is 60.7 Å². The van der Waals surface area contributed by atoms with Crippen molar-refractivity contribution in [2.24, 2.45) is 5.73 Å². The lowest BCUT2D eigenvalue weighted by Crippen LogP contribution is -2.38. The van der Waals surface area contributed by atoms with Crippen LogP contribution in [0, 0.1) is 6.92 Å². The molecule has 0 unspecified atom stereocenters. The average molecular weight is 562 g/mol. The van der Waals surface area contributed by atoms with Gasteiger partial charge in [0.05, 0.1) is 24.3 Å². The zero-order valence-electron chi connectivity index (χ0n) is 23.5. The number of carbonyl (C=O) groups is 1. The highest BCUT2D eigenvalue weighted by Crippen LogP contribution is 2.36. The van der Waals surface area contributed by atoms with Crippen LogP contribution in [0.5, 0.6) is 5.75 Å². The summed E-state index contributed by atoms with van der Waals surface area (Å²) in [5, 5.41) is 1.02. The molecule has 212 valence electrons. The van der Waals surface area contributed by atoms with Crippen molar-refractivity contribution in [1.82, 2.24) is 9.47 Å². The number of para-hydroxylation sites is 1. The van der Waals surface area contributed by atoms with E-state index in [2.05, 4.69) is 66.1 Å². The Bertz CT molecular complexity index is 1410. The molecule has 0 saturated carbocycles. The molecule has 5 rings (SSSR count). The van der Waals surface area contributed by atoms with Gasteiger partial charge in [0.25, 0.3) is 5.91 Å². The monoisotopic (exact) mass is 561 g/mol. The number of methoxy groups -OCH3 is 1. The van der Waals surface area contributed by atoms with Gasteiger partial charge in [-0.25, -0.2) is 0 Å². The molecular formula is C33H40ClN3O3. The standard InChI is InChI=1S/C33H39N3O3.ClH/c1-24-7-6-10-28-30(23-36(32(24)28)18-20-38-2)33(37)35-16-13-27(14-17-35)29-21-26(22-34)11-12-31(29)39-19-15-25-8-4-3-5-9-25;/h3-12,21,23,27H,13-20,22,34H2,1-2H3;1H. The fourth-order valence-electron chi connectivity index (χ4n) is 5.75. The van der Waals surface area contributed by atoms with Crippen LogP contribution < -0.4 is 10.5 Å². The fourth-order valence-corrected chi connectivity index (χ4v) is 5.75. The van der Waals surface area contributed by atoms with E-state index in [1.165, 1.54) is 16.7 Å². The molecule has 40 heavy (non-hydrogen) atoms. The van der Waals surface area contributed by atoms with Crippen LogP contribution in [-0.4, -0.2) is 48.8 Å². The Morgan fingerprint density at radius 2 is 1.75 bits per heavy atom. The number of aromatic nitrogens is 1. The summed E-state index contributed by atoms with van der Waals surface area (Å²) in [6, 6.07) is 22.9. The largest absolute Gasteiger partial charge is 0.493 e. The van der Waals surface area contributed by atoms with Gasteiger partial charge >= 0.3 is 0 Å². The van der Waals surface area contributed by atoms with Crippen LogP contribution in [0.25, 0.3) is 10.9 Å². The maximum atomic E-state index is 13.7. The number of ether oxygens (including phenoxy) is 2. The van der Waals surface area contributed by atoms with Crippen LogP contribution in [0.3, 0.4) is 0 Å². The third-order valence-electron chi connectivity index (χ3n) is 7.89. The van der Waals surface area contributed by atoms with E-state index >= 15 is 0 Å². The van der Waals surface area contributed by atoms with E-state index in [0.717, 1.165) is 66.7 Å². The van der Waals surface area contributed by atoms with E-state index in [1.807, 2.05) is 23.2 Å². The van der Waals surface area contributed by atoms with Crippen LogP contribution in [0.4, 0.5) is 0 Å². The third kappa shape index (κ3) is 6.52. The number of hydrogen-bond donors (Lipinski definition) is 1. The van der Waals surface area contributed by atoms with Gasteiger partial charge in [0.2, 0.25) is 0 Å². The predicted octanol–water partition coefficient (Wildman–Crippen LogP) is 6.12. The Morgan fingerprint density at radius 1 is 0.975 bits per heavy atom. The van der Waals surface area contributed by atoms with Crippen molar-refractivity contribution >= 4 is 29.2 Å². The number of halogens is 1. The van der Waals surface area contributed by atoms with Gasteiger partial charge in [0.15, 0.2) is 0 Å². The van der Waals surface area contributed by atoms with Gasteiger partial charge in [0, 0.05) is 51.3 Å². The predicted molar refractivity (Wildman–Crippen MR) is 164 cm³/mol. The summed E-state index contributed by atoms with van der Waals surface area (Å²) in [7, 11) is 1.71. The number of nitrogens with zero attached hydrogens (tertiary/aromatic N) is 2. The van der Waals surface area contributed by atoms with E-state index in [0.29, 0.717) is 25.7 Å². The number of fused-ring (bicyclic) bond motifs is 1. The van der Waals surface area contributed by atoms with Gasteiger partial charge in [-0.05, 0) is 54.0 Å². The van der Waals surface area contributed by atoms with Gasteiger partial charge in [0.1, 0.15) is 5.75 Å². The molecule has 1 aliphatic heterocycles. The maximum Gasteiger partial charge on any atom is 0.256 e. The molecule has 0 bridgehead atoms. The molecule has 0 atom stereocenters. The van der Waals surface area contributed by atoms with Crippen molar-refractivity contribution < 1.29 is 14.3 Å². The van der Waals surface area contributed by atoms with E-state index < -0.39 is 0 Å². The van der Waals surface area contributed by atoms with Gasteiger partial charge in [-0.15, -0.1) is 12.4 Å². The molecule has 0 aliphatic carbocycles. The molecule has 7 heteroatoms. The highest BCUT2D eigenvalue weighted by atomic mass is 35.5. The Kier molecular flexibility index (Phi) is 10.3. The first-order valence-corrected chi connectivity index (χ1v) is 13.9. The first kappa shape index (κ1) is 29.7. The summed E-state index contributed by atoms with van der Waals surface area (Å²) < 4.78 is 13.8. The highest BCUT2D eigenvalue weighted by molar-refractivity contribution is 6.07. The van der Waals surface area contributed by atoms with Gasteiger partial charge in [-0.2, -0.15) is 0 Å². The van der Waals surface area contributed by atoms with Gasteiger partial charge < -0.3 is 24.7 Å². The van der Waals surface area contributed by atoms with Gasteiger partial charge in [-0.3, -0.25) is 4.79 Å². The summed E-state index contributed by atoms with van der Waals surface area (Å²) in [4.78, 5) is 15.7. The molecule has 3 aromatic carbocycles. The third-order valence-corrected chi connectivity index (χ3v) is 7.89. The van der Waals surface area contributed by atoms with Crippen LogP contribution in [0.15, 0.2) is 72.9 Å². The quantitative estimate of drug-likeness (QED) is 0.253. The van der Waals surface area contributed by atoms with Crippen LogP contribution in [-0.2, 0) is 24.2 Å². The van der Waals surface area contributed by atoms with Crippen molar-refractivity contribution in [2.45, 2.75) is 45.2 Å². The molecule has 2 N–H and O–H groups in total. The van der Waals surface area contributed by atoms with Crippen molar-refractivity contribution in [2.75, 3.05) is 33.4 Å². The summed E-state index contributed by atoms with van der Waals surface area (Å²) in [5.74, 6) is 1.37. The van der Waals surface area contributed by atoms with E-state index in [9.17, 15) is 4.79 Å². The number of rotatable bonds is 10. The first-order valence-electron chi connectivity index (χ1n) is 13.9. The SMILES string of the molecule is COCCn1cc(C(=O)N2CCC(c3cc(CN)ccc3OCCc3ccccc3)CC2)c2cccc(C)c21.Cl. The van der Waals surface area contributed by atoms with Crippen LogP contribution >= 0.6 is 12.4 Å². The summed E-state index contributed by atoms with van der Waals surface area (Å²) >= 11 is 0. The number of likely N-dealkylation sites (tertiary alicyclic amines) is 1. The maximum absolute atomic E-state index is 13.7. The minimum Gasteiger partial charge on any atom is -0.493 e. The number of carbonyl (C=O) groups excluding carboxylic acids is 1. The first-order chi connectivity index (χ1) is 19.1. The second-order valence-electron chi connectivity index (χ2n) is 10.4. The molecule has 1 aromatic heterocycles. The van der Waals surface area contributed by atoms with E-state index in [4.69, 9.17) is 15.2 Å². The van der Waals surface area contributed by atoms with E-state index in [-0.39, 0.29) is 18.3 Å². The second kappa shape index (κ2) is 13.8. The molecule has 1 fully saturated rings. The zero-order chi connectivity index (χ0) is 27.2. The number of nitrogens with two attached hydrogens (primary N) is 1. The molecule has 1 saturated heterocycles. The second-order valence-corrected chi connectivity index (χ2v) is 10.4. The summed E-state index contributed by atoms with van der Waals surface area (Å²) in [6.45, 7) is 5.99. The highest BCUT2D eigenvalue weighted by Gasteiger charge is 2.28. The number of amides is 1. The minimum atomic E-state index is 0. The van der Waals surface area contributed by atoms with Crippen molar-refractivity contribution in [3.8, 4) is 5.75 Å². The number of piperidine rings is 1. The average Bonchev–Trinajstić information content (AvgIpc) is 3.36. The van der Waals surface area contributed by atoms with Crippen molar-refractivity contribution in [3.05, 3.63) is 101 Å². The Hall–Kier alpha value is -3.32. The number of hydrogen-bond acceptors (Lipinski definition) is 4. The molecule has 2 heterocycles. The lowest BCUT2D eigenvalue weighted by molar-refractivity contribution is 0.0714. The fraction of sp³-hybridized carbons (Fsp3) is 0.364. The van der Waals surface area contributed by atoms with Crippen molar-refractivity contribution in [3.63, 3.8) is 0 Å². The number of aryl methyl sites for hydroxylation is 1. The van der Waals surface area contributed by atoms with Crippen LogP contribution in [0.2, 0.25) is 0 Å². The number of benzene rings is 3. The molecule has 1 aliphatic rings. The van der Waals surface area contributed by atoms with Crippen molar-refractivity contribution in [1.29, 1.82) is 0 Å². The summed E-state index contributed by atoms with van der Waals surface area (Å²) in [5.41, 5.74) is 12.6.